The van der Waals surface area contributed by atoms with E-state index in [-0.39, 0.29) is 23.4 Å². The summed E-state index contributed by atoms with van der Waals surface area (Å²) < 4.78 is 11.2. The Labute approximate surface area is 194 Å². The third-order valence-electron chi connectivity index (χ3n) is 6.09. The number of carboxylic acid groups (broad SMARTS) is 1. The molecule has 0 aliphatic carbocycles. The number of hydrogen-bond acceptors (Lipinski definition) is 6. The van der Waals surface area contributed by atoms with E-state index in [0.717, 1.165) is 24.2 Å². The van der Waals surface area contributed by atoms with Crippen molar-refractivity contribution in [2.75, 3.05) is 6.61 Å². The molecule has 8 heteroatoms. The van der Waals surface area contributed by atoms with Crippen molar-refractivity contribution in [3.05, 3.63) is 94.4 Å². The van der Waals surface area contributed by atoms with E-state index in [2.05, 4.69) is 0 Å². The van der Waals surface area contributed by atoms with Crippen LogP contribution in [0.3, 0.4) is 0 Å². The molecule has 1 atom stereocenters. The quantitative estimate of drug-likeness (QED) is 0.337. The summed E-state index contributed by atoms with van der Waals surface area (Å²) >= 11 is 0. The maximum Gasteiger partial charge on any atom is 0.335 e. The van der Waals surface area contributed by atoms with Gasteiger partial charge in [-0.15, -0.1) is 0 Å². The molecule has 1 amide bonds. The van der Waals surface area contributed by atoms with Crippen molar-refractivity contribution in [1.82, 2.24) is 4.90 Å². The molecular formula is C26H21NO7. The van der Waals surface area contributed by atoms with Crippen molar-refractivity contribution in [1.29, 1.82) is 0 Å². The summed E-state index contributed by atoms with van der Waals surface area (Å²) in [5.41, 5.74) is 2.04. The average molecular weight is 459 g/mol. The van der Waals surface area contributed by atoms with Gasteiger partial charge in [-0.1, -0.05) is 12.1 Å². The maximum atomic E-state index is 13.1. The van der Waals surface area contributed by atoms with Crippen LogP contribution in [-0.4, -0.2) is 39.4 Å². The van der Waals surface area contributed by atoms with Crippen LogP contribution < -0.4 is 4.74 Å². The van der Waals surface area contributed by atoms with Gasteiger partial charge in [-0.25, -0.2) is 4.79 Å². The lowest BCUT2D eigenvalue weighted by Crippen LogP contribution is -2.29. The smallest absolute Gasteiger partial charge is 0.335 e. The molecule has 0 radical (unpaired) electrons. The van der Waals surface area contributed by atoms with Gasteiger partial charge in [-0.3, -0.25) is 9.59 Å². The van der Waals surface area contributed by atoms with Gasteiger partial charge in [0.1, 0.15) is 23.3 Å². The molecule has 1 unspecified atom stereocenters. The zero-order valence-corrected chi connectivity index (χ0v) is 18.1. The number of Topliss-reactive ketones (excluding diaryl/α,β-unsaturated/α-hetero) is 1. The highest BCUT2D eigenvalue weighted by Crippen LogP contribution is 2.41. The number of furan rings is 1. The molecule has 0 bridgehead atoms. The van der Waals surface area contributed by atoms with E-state index in [1.54, 1.807) is 42.5 Å². The van der Waals surface area contributed by atoms with Crippen LogP contribution in [0.1, 0.15) is 45.3 Å². The lowest BCUT2D eigenvalue weighted by Gasteiger charge is -2.23. The van der Waals surface area contributed by atoms with Crippen LogP contribution in [0.2, 0.25) is 0 Å². The number of hydrogen-bond donors (Lipinski definition) is 2. The highest BCUT2D eigenvalue weighted by atomic mass is 16.5. The van der Waals surface area contributed by atoms with Crippen LogP contribution in [0.4, 0.5) is 0 Å². The number of aliphatic hydroxyl groups is 1. The van der Waals surface area contributed by atoms with E-state index in [1.165, 1.54) is 23.3 Å². The predicted octanol–water partition coefficient (Wildman–Crippen LogP) is 3.92. The molecule has 0 saturated carbocycles. The van der Waals surface area contributed by atoms with E-state index in [1.807, 2.05) is 0 Å². The Balaban J connectivity index is 1.56. The van der Waals surface area contributed by atoms with E-state index >= 15 is 0 Å². The molecule has 2 aromatic carbocycles. The Morgan fingerprint density at radius 2 is 1.79 bits per heavy atom. The number of likely N-dealkylation sites (tertiary alicyclic amines) is 1. The van der Waals surface area contributed by atoms with Crippen LogP contribution in [-0.2, 0) is 22.6 Å². The number of aliphatic hydroxyl groups excluding tert-OH is 1. The number of aromatic carboxylic acids is 1. The summed E-state index contributed by atoms with van der Waals surface area (Å²) in [7, 11) is 0. The highest BCUT2D eigenvalue weighted by molar-refractivity contribution is 6.46. The third-order valence-corrected chi connectivity index (χ3v) is 6.09. The normalized spacial score (nSPS) is 19.1. The second-order valence-electron chi connectivity index (χ2n) is 8.22. The molecule has 2 aliphatic heterocycles. The fraction of sp³-hybridized carbons (Fsp3) is 0.192. The van der Waals surface area contributed by atoms with Crippen molar-refractivity contribution in [3.8, 4) is 5.75 Å². The van der Waals surface area contributed by atoms with Crippen molar-refractivity contribution in [2.24, 2.45) is 0 Å². The summed E-state index contributed by atoms with van der Waals surface area (Å²) in [6, 6.07) is 13.6. The van der Waals surface area contributed by atoms with Crippen molar-refractivity contribution in [2.45, 2.75) is 25.4 Å². The minimum Gasteiger partial charge on any atom is -0.507 e. The molecule has 8 nitrogen and oxygen atoms in total. The van der Waals surface area contributed by atoms with Crippen LogP contribution in [0.15, 0.2) is 70.9 Å². The lowest BCUT2D eigenvalue weighted by molar-refractivity contribution is -0.140. The second-order valence-corrected chi connectivity index (χ2v) is 8.22. The van der Waals surface area contributed by atoms with E-state index in [9.17, 15) is 19.5 Å². The fourth-order valence-corrected chi connectivity index (χ4v) is 4.40. The molecule has 3 aromatic rings. The molecule has 3 heterocycles. The standard InChI is InChI=1S/C26H21NO7/c28-23(18-9-10-19-17(13-18)3-1-11-33-19)21-22(20-4-2-12-34-20)27(25(30)24(21)29)14-15-5-7-16(8-6-15)26(31)32/h2,4-10,12-13,22,28H,1,3,11,14H2,(H,31,32)/b23-21-. The van der Waals surface area contributed by atoms with Crippen molar-refractivity contribution >= 4 is 23.4 Å². The number of fused-ring (bicyclic) bond motifs is 1. The number of rotatable bonds is 5. The van der Waals surface area contributed by atoms with E-state index in [0.29, 0.717) is 23.5 Å². The molecule has 0 spiro atoms. The van der Waals surface area contributed by atoms with Crippen molar-refractivity contribution in [3.63, 3.8) is 0 Å². The summed E-state index contributed by atoms with van der Waals surface area (Å²) in [4.78, 5) is 38.6. The van der Waals surface area contributed by atoms with Gasteiger partial charge < -0.3 is 24.3 Å². The molecular weight excluding hydrogens is 438 g/mol. The lowest BCUT2D eigenvalue weighted by atomic mass is 9.96. The molecule has 5 rings (SSSR count). The summed E-state index contributed by atoms with van der Waals surface area (Å²) in [5, 5.41) is 20.3. The fourth-order valence-electron chi connectivity index (χ4n) is 4.40. The van der Waals surface area contributed by atoms with Crippen LogP contribution in [0, 0.1) is 0 Å². The topological polar surface area (TPSA) is 117 Å². The maximum absolute atomic E-state index is 13.1. The number of benzene rings is 2. The molecule has 1 aromatic heterocycles. The van der Waals surface area contributed by atoms with Crippen LogP contribution >= 0.6 is 0 Å². The van der Waals surface area contributed by atoms with Gasteiger partial charge in [0, 0.05) is 12.1 Å². The van der Waals surface area contributed by atoms with E-state index in [4.69, 9.17) is 14.3 Å². The number of amides is 1. The zero-order chi connectivity index (χ0) is 23.8. The molecule has 172 valence electrons. The van der Waals surface area contributed by atoms with Gasteiger partial charge in [0.05, 0.1) is 24.0 Å². The monoisotopic (exact) mass is 459 g/mol. The Morgan fingerprint density at radius 1 is 1.03 bits per heavy atom. The third kappa shape index (κ3) is 3.73. The first-order valence-electron chi connectivity index (χ1n) is 10.8. The first-order valence-corrected chi connectivity index (χ1v) is 10.8. The summed E-state index contributed by atoms with van der Waals surface area (Å²) in [6.07, 6.45) is 3.08. The Kier molecular flexibility index (Phi) is 5.41. The number of carboxylic acids is 1. The molecule has 2 aliphatic rings. The molecule has 1 fully saturated rings. The first-order chi connectivity index (χ1) is 16.4. The van der Waals surface area contributed by atoms with Crippen molar-refractivity contribution < 1.29 is 33.8 Å². The number of nitrogens with zero attached hydrogens (tertiary/aromatic N) is 1. The molecule has 1 saturated heterocycles. The highest BCUT2D eigenvalue weighted by Gasteiger charge is 2.47. The second kappa shape index (κ2) is 8.55. The van der Waals surface area contributed by atoms with Gasteiger partial charge in [-0.05, 0) is 66.4 Å². The average Bonchev–Trinajstić information content (AvgIpc) is 3.46. The van der Waals surface area contributed by atoms with Gasteiger partial charge in [0.15, 0.2) is 0 Å². The number of ether oxygens (including phenoxy) is 1. The number of aryl methyl sites for hydroxylation is 1. The van der Waals surface area contributed by atoms with Crippen LogP contribution in [0.25, 0.3) is 5.76 Å². The SMILES string of the molecule is O=C1C(=O)N(Cc2ccc(C(=O)O)cc2)C(c2ccco2)/C1=C(/O)c1ccc2c(c1)CCCO2. The predicted molar refractivity (Wildman–Crippen MR) is 120 cm³/mol. The van der Waals surface area contributed by atoms with Gasteiger partial charge >= 0.3 is 5.97 Å². The zero-order valence-electron chi connectivity index (χ0n) is 18.1. The van der Waals surface area contributed by atoms with Crippen LogP contribution in [0.5, 0.6) is 5.75 Å². The van der Waals surface area contributed by atoms with E-state index < -0.39 is 23.7 Å². The Bertz CT molecular complexity index is 1310. The largest absolute Gasteiger partial charge is 0.507 e. The summed E-state index contributed by atoms with van der Waals surface area (Å²) in [6.45, 7) is 0.667. The van der Waals surface area contributed by atoms with Gasteiger partial charge in [0.2, 0.25) is 0 Å². The minimum absolute atomic E-state index is 0.0324. The molecule has 34 heavy (non-hydrogen) atoms. The van der Waals surface area contributed by atoms with Gasteiger partial charge in [-0.2, -0.15) is 0 Å². The number of ketones is 1. The number of carbonyl (C=O) groups is 3. The Hall–Kier alpha value is -4.33. The summed E-state index contributed by atoms with van der Waals surface area (Å²) in [5.74, 6) is -1.84. The molecule has 2 N–H and O–H groups in total. The minimum atomic E-state index is -1.06. The number of carbonyl (C=O) groups excluding carboxylic acids is 2. The van der Waals surface area contributed by atoms with Gasteiger partial charge in [0.25, 0.3) is 11.7 Å². The Morgan fingerprint density at radius 3 is 2.50 bits per heavy atom. The first kappa shape index (κ1) is 21.5.